The zero-order valence-corrected chi connectivity index (χ0v) is 11.3. The minimum atomic E-state index is -0.934. The van der Waals surface area contributed by atoms with Crippen LogP contribution in [0.4, 0.5) is 9.80 Å². The van der Waals surface area contributed by atoms with Gasteiger partial charge in [0.25, 0.3) is 0 Å². The van der Waals surface area contributed by atoms with Gasteiger partial charge in [0.1, 0.15) is 5.00 Å². The molecule has 1 rings (SSSR count). The van der Waals surface area contributed by atoms with Crippen molar-refractivity contribution in [3.63, 3.8) is 0 Å². The van der Waals surface area contributed by atoms with Gasteiger partial charge in [-0.15, -0.1) is 5.10 Å². The Labute approximate surface area is 109 Å². The van der Waals surface area contributed by atoms with Crippen molar-refractivity contribution in [3.05, 3.63) is 6.20 Å². The number of carboxylic acids is 1. The largest absolute Gasteiger partial charge is 0.481 e. The lowest BCUT2D eigenvalue weighted by molar-refractivity contribution is -0.137. The molecule has 0 aromatic carbocycles. The van der Waals surface area contributed by atoms with Crippen LogP contribution in [0.5, 0.6) is 0 Å². The lowest BCUT2D eigenvalue weighted by Gasteiger charge is -2.35. The first kappa shape index (κ1) is 14.4. The average molecular weight is 272 g/mol. The first-order chi connectivity index (χ1) is 8.30. The average Bonchev–Trinajstić information content (AvgIpc) is 2.67. The molecule has 0 atom stereocenters. The van der Waals surface area contributed by atoms with Crippen LogP contribution < -0.4 is 5.32 Å². The highest BCUT2D eigenvalue weighted by molar-refractivity contribution is 7.10. The van der Waals surface area contributed by atoms with Gasteiger partial charge in [-0.2, -0.15) is 0 Å². The van der Waals surface area contributed by atoms with Gasteiger partial charge in [-0.05, 0) is 20.8 Å². The Balaban J connectivity index is 2.70. The van der Waals surface area contributed by atoms with Gasteiger partial charge >= 0.3 is 12.0 Å². The third-order valence-corrected chi connectivity index (χ3v) is 2.78. The van der Waals surface area contributed by atoms with Crippen molar-refractivity contribution in [1.82, 2.24) is 14.5 Å². The Kier molecular flexibility index (Phi) is 4.60. The minimum absolute atomic E-state index is 0.0916. The van der Waals surface area contributed by atoms with E-state index in [0.717, 1.165) is 11.5 Å². The van der Waals surface area contributed by atoms with Crippen molar-refractivity contribution in [2.75, 3.05) is 11.9 Å². The normalized spacial score (nSPS) is 11.1. The second-order valence-corrected chi connectivity index (χ2v) is 5.46. The molecule has 2 N–H and O–H groups in total. The van der Waals surface area contributed by atoms with E-state index in [-0.39, 0.29) is 19.0 Å². The molecule has 0 spiro atoms. The topological polar surface area (TPSA) is 95.4 Å². The summed E-state index contributed by atoms with van der Waals surface area (Å²) in [6.07, 6.45) is 1.35. The summed E-state index contributed by atoms with van der Waals surface area (Å²) in [5.41, 5.74) is -0.461. The van der Waals surface area contributed by atoms with Gasteiger partial charge in [-0.3, -0.25) is 10.1 Å². The van der Waals surface area contributed by atoms with Gasteiger partial charge in [0.05, 0.1) is 12.6 Å². The molecule has 0 bridgehead atoms. The maximum Gasteiger partial charge on any atom is 0.322 e. The maximum absolute atomic E-state index is 12.0. The smallest absolute Gasteiger partial charge is 0.322 e. The molecule has 0 fully saturated rings. The number of carbonyl (C=O) groups excluding carboxylic acids is 1. The van der Waals surface area contributed by atoms with Gasteiger partial charge in [0, 0.05) is 23.6 Å². The number of carbonyl (C=O) groups is 2. The molecule has 0 aliphatic heterocycles. The lowest BCUT2D eigenvalue weighted by atomic mass is 10.1. The maximum atomic E-state index is 12.0. The molecule has 1 aromatic heterocycles. The fourth-order valence-corrected chi connectivity index (χ4v) is 1.75. The van der Waals surface area contributed by atoms with E-state index >= 15 is 0 Å². The van der Waals surface area contributed by atoms with E-state index in [2.05, 4.69) is 14.9 Å². The molecule has 100 valence electrons. The van der Waals surface area contributed by atoms with Crippen LogP contribution in [-0.4, -0.2) is 43.7 Å². The fraction of sp³-hybridized carbons (Fsp3) is 0.600. The number of nitrogens with one attached hydrogen (secondary N) is 1. The highest BCUT2D eigenvalue weighted by Gasteiger charge is 2.27. The number of nitrogens with zero attached hydrogens (tertiary/aromatic N) is 3. The first-order valence-electron chi connectivity index (χ1n) is 5.38. The van der Waals surface area contributed by atoms with Gasteiger partial charge in [-0.25, -0.2) is 4.79 Å². The number of hydrogen-bond acceptors (Lipinski definition) is 5. The van der Waals surface area contributed by atoms with E-state index < -0.39 is 11.5 Å². The van der Waals surface area contributed by atoms with Crippen molar-refractivity contribution in [2.45, 2.75) is 32.7 Å². The monoisotopic (exact) mass is 272 g/mol. The van der Waals surface area contributed by atoms with Crippen LogP contribution in [-0.2, 0) is 4.79 Å². The van der Waals surface area contributed by atoms with Crippen molar-refractivity contribution >= 4 is 28.5 Å². The summed E-state index contributed by atoms with van der Waals surface area (Å²) in [4.78, 5) is 24.1. The zero-order valence-electron chi connectivity index (χ0n) is 10.5. The molecule has 0 radical (unpaired) electrons. The predicted molar refractivity (Wildman–Crippen MR) is 67.6 cm³/mol. The molecule has 0 saturated carbocycles. The summed E-state index contributed by atoms with van der Waals surface area (Å²) in [6, 6.07) is -0.352. The molecule has 8 heteroatoms. The predicted octanol–water partition coefficient (Wildman–Crippen LogP) is 1.65. The van der Waals surface area contributed by atoms with E-state index in [9.17, 15) is 9.59 Å². The molecular formula is C10H16N4O3S. The van der Waals surface area contributed by atoms with Crippen molar-refractivity contribution in [2.24, 2.45) is 0 Å². The Morgan fingerprint density at radius 2 is 2.17 bits per heavy atom. The number of aliphatic carboxylic acids is 1. The SMILES string of the molecule is CC(C)(C)N(CCC(=O)O)C(=O)Nc1cnns1. The third kappa shape index (κ3) is 4.28. The minimum Gasteiger partial charge on any atom is -0.481 e. The number of carboxylic acid groups (broad SMARTS) is 1. The van der Waals surface area contributed by atoms with E-state index in [1.807, 2.05) is 20.8 Å². The second-order valence-electron chi connectivity index (χ2n) is 4.68. The molecule has 2 amide bonds. The Bertz CT molecular complexity index is 413. The van der Waals surface area contributed by atoms with Crippen molar-refractivity contribution < 1.29 is 14.7 Å². The van der Waals surface area contributed by atoms with Crippen LogP contribution in [0.25, 0.3) is 0 Å². The number of hydrogen-bond donors (Lipinski definition) is 2. The lowest BCUT2D eigenvalue weighted by Crippen LogP contribution is -2.48. The quantitative estimate of drug-likeness (QED) is 0.868. The number of urea groups is 1. The fourth-order valence-electron chi connectivity index (χ4n) is 1.34. The second kappa shape index (κ2) is 5.76. The molecule has 18 heavy (non-hydrogen) atoms. The van der Waals surface area contributed by atoms with Crippen molar-refractivity contribution in [1.29, 1.82) is 0 Å². The molecule has 1 heterocycles. The van der Waals surface area contributed by atoms with Crippen LogP contribution in [0.1, 0.15) is 27.2 Å². The molecule has 0 saturated heterocycles. The van der Waals surface area contributed by atoms with Gasteiger partial charge < -0.3 is 10.0 Å². The summed E-state index contributed by atoms with van der Waals surface area (Å²) in [7, 11) is 0. The van der Waals surface area contributed by atoms with Gasteiger partial charge in [0.2, 0.25) is 0 Å². The van der Waals surface area contributed by atoms with E-state index in [0.29, 0.717) is 5.00 Å². The molecular weight excluding hydrogens is 256 g/mol. The van der Waals surface area contributed by atoms with Crippen LogP contribution in [0.3, 0.4) is 0 Å². The number of amides is 2. The Morgan fingerprint density at radius 1 is 1.50 bits per heavy atom. The number of anilines is 1. The van der Waals surface area contributed by atoms with E-state index in [1.165, 1.54) is 11.1 Å². The molecule has 0 aliphatic carbocycles. The summed E-state index contributed by atoms with van der Waals surface area (Å²) < 4.78 is 3.64. The third-order valence-electron chi connectivity index (χ3n) is 2.20. The summed E-state index contributed by atoms with van der Waals surface area (Å²) in [6.45, 7) is 5.69. The highest BCUT2D eigenvalue weighted by Crippen LogP contribution is 2.17. The molecule has 0 aliphatic rings. The molecule has 7 nitrogen and oxygen atoms in total. The summed E-state index contributed by atoms with van der Waals surface area (Å²) in [5.74, 6) is -0.934. The number of rotatable bonds is 4. The summed E-state index contributed by atoms with van der Waals surface area (Å²) >= 11 is 1.07. The number of aromatic nitrogens is 2. The van der Waals surface area contributed by atoms with E-state index in [4.69, 9.17) is 5.11 Å². The molecule has 1 aromatic rings. The van der Waals surface area contributed by atoms with Crippen molar-refractivity contribution in [3.8, 4) is 0 Å². The standard InChI is InChI=1S/C10H16N4O3S/c1-10(2,3)14(5-4-8(15)16)9(17)12-7-6-11-13-18-7/h6H,4-5H2,1-3H3,(H,12,17)(H,15,16). The van der Waals surface area contributed by atoms with Gasteiger partial charge in [-0.1, -0.05) is 4.49 Å². The summed E-state index contributed by atoms with van der Waals surface area (Å²) in [5, 5.41) is 15.5. The highest BCUT2D eigenvalue weighted by atomic mass is 32.1. The van der Waals surface area contributed by atoms with Gasteiger partial charge in [0.15, 0.2) is 0 Å². The van der Waals surface area contributed by atoms with Crippen LogP contribution in [0.15, 0.2) is 6.20 Å². The Morgan fingerprint density at radius 3 is 2.61 bits per heavy atom. The first-order valence-corrected chi connectivity index (χ1v) is 6.16. The van der Waals surface area contributed by atoms with E-state index in [1.54, 1.807) is 0 Å². The van der Waals surface area contributed by atoms with Crippen LogP contribution in [0.2, 0.25) is 0 Å². The van der Waals surface area contributed by atoms with Crippen LogP contribution >= 0.6 is 11.5 Å². The van der Waals surface area contributed by atoms with Crippen LogP contribution in [0, 0.1) is 0 Å². The zero-order chi connectivity index (χ0) is 13.8. The molecule has 0 unspecified atom stereocenters. The Hall–Kier alpha value is -1.70.